The fraction of sp³-hybridized carbons (Fsp3) is 0.333. The molecule has 1 aliphatic heterocycles. The standard InChI is InChI=1S/C17H17NO2.C4H7NO/c19-17(20-12-13-6-2-1-3-7-13)18-16-10-14-8-4-5-9-15(14)11-16;6-4-2-1-3-5-4/h1-9,16H,10-12H2,(H,18,19);1-3H2,(H,5,6). The summed E-state index contributed by atoms with van der Waals surface area (Å²) in [5.41, 5.74) is 3.64. The number of ether oxygens (including phenoxy) is 1. The van der Waals surface area contributed by atoms with Gasteiger partial charge in [0.2, 0.25) is 5.91 Å². The highest BCUT2D eigenvalue weighted by molar-refractivity contribution is 5.77. The molecule has 1 aliphatic carbocycles. The predicted molar refractivity (Wildman–Crippen MR) is 99.6 cm³/mol. The Balaban J connectivity index is 0.000000278. The molecule has 2 amide bonds. The van der Waals surface area contributed by atoms with Gasteiger partial charge in [-0.15, -0.1) is 0 Å². The third-order valence-corrected chi connectivity index (χ3v) is 4.49. The van der Waals surface area contributed by atoms with Gasteiger partial charge in [-0.05, 0) is 36.0 Å². The highest BCUT2D eigenvalue weighted by atomic mass is 16.5. The van der Waals surface area contributed by atoms with E-state index in [1.165, 1.54) is 11.1 Å². The number of amides is 2. The molecule has 0 bridgehead atoms. The first-order valence-corrected chi connectivity index (χ1v) is 9.01. The van der Waals surface area contributed by atoms with Crippen LogP contribution in [0.1, 0.15) is 29.5 Å². The van der Waals surface area contributed by atoms with E-state index >= 15 is 0 Å². The Hall–Kier alpha value is -2.82. The van der Waals surface area contributed by atoms with Crippen molar-refractivity contribution >= 4 is 12.0 Å². The maximum atomic E-state index is 11.8. The molecule has 0 radical (unpaired) electrons. The summed E-state index contributed by atoms with van der Waals surface area (Å²) in [6, 6.07) is 18.2. The average Bonchev–Trinajstić information content (AvgIpc) is 3.29. The number of carbonyl (C=O) groups is 2. The molecular formula is C21H24N2O3. The normalized spacial score (nSPS) is 15.5. The first-order valence-electron chi connectivity index (χ1n) is 9.01. The van der Waals surface area contributed by atoms with Crippen LogP contribution in [0.4, 0.5) is 4.79 Å². The van der Waals surface area contributed by atoms with Gasteiger partial charge in [-0.2, -0.15) is 0 Å². The third-order valence-electron chi connectivity index (χ3n) is 4.49. The first kappa shape index (κ1) is 18.0. The van der Waals surface area contributed by atoms with Gasteiger partial charge in [-0.25, -0.2) is 4.79 Å². The molecule has 0 saturated carbocycles. The van der Waals surface area contributed by atoms with Gasteiger partial charge in [0.15, 0.2) is 0 Å². The number of rotatable bonds is 3. The van der Waals surface area contributed by atoms with E-state index in [1.54, 1.807) is 0 Å². The van der Waals surface area contributed by atoms with Crippen LogP contribution in [0, 0.1) is 0 Å². The molecule has 1 fully saturated rings. The fourth-order valence-electron chi connectivity index (χ4n) is 3.16. The van der Waals surface area contributed by atoms with Crippen molar-refractivity contribution in [2.24, 2.45) is 0 Å². The van der Waals surface area contributed by atoms with Crippen molar-refractivity contribution in [2.45, 2.75) is 38.3 Å². The first-order chi connectivity index (χ1) is 12.7. The third kappa shape index (κ3) is 5.34. The monoisotopic (exact) mass is 352 g/mol. The minimum atomic E-state index is -0.341. The molecule has 0 aromatic heterocycles. The van der Waals surface area contributed by atoms with E-state index < -0.39 is 0 Å². The van der Waals surface area contributed by atoms with Crippen LogP contribution in [0.15, 0.2) is 54.6 Å². The molecule has 136 valence electrons. The number of fused-ring (bicyclic) bond motifs is 1. The Morgan fingerprint density at radius 3 is 2.23 bits per heavy atom. The zero-order valence-electron chi connectivity index (χ0n) is 14.7. The highest BCUT2D eigenvalue weighted by Crippen LogP contribution is 2.21. The lowest BCUT2D eigenvalue weighted by Crippen LogP contribution is -2.35. The van der Waals surface area contributed by atoms with Gasteiger partial charge < -0.3 is 15.4 Å². The lowest BCUT2D eigenvalue weighted by atomic mass is 10.1. The maximum absolute atomic E-state index is 11.8. The van der Waals surface area contributed by atoms with Gasteiger partial charge in [-0.3, -0.25) is 4.79 Å². The van der Waals surface area contributed by atoms with E-state index in [9.17, 15) is 9.59 Å². The topological polar surface area (TPSA) is 67.4 Å². The van der Waals surface area contributed by atoms with Crippen LogP contribution in [-0.4, -0.2) is 24.6 Å². The molecule has 2 aliphatic rings. The van der Waals surface area contributed by atoms with Gasteiger partial charge >= 0.3 is 6.09 Å². The highest BCUT2D eigenvalue weighted by Gasteiger charge is 2.22. The Morgan fingerprint density at radius 2 is 1.69 bits per heavy atom. The Labute approximate surface area is 153 Å². The molecule has 2 aromatic carbocycles. The maximum Gasteiger partial charge on any atom is 0.407 e. The summed E-state index contributed by atoms with van der Waals surface area (Å²) in [5, 5.41) is 5.62. The predicted octanol–water partition coefficient (Wildman–Crippen LogP) is 2.98. The number of hydrogen-bond acceptors (Lipinski definition) is 3. The van der Waals surface area contributed by atoms with Gasteiger partial charge in [0.25, 0.3) is 0 Å². The van der Waals surface area contributed by atoms with Crippen molar-refractivity contribution in [2.75, 3.05) is 6.54 Å². The second-order valence-electron chi connectivity index (χ2n) is 6.53. The lowest BCUT2D eigenvalue weighted by Gasteiger charge is -2.12. The van der Waals surface area contributed by atoms with E-state index in [-0.39, 0.29) is 18.0 Å². The van der Waals surface area contributed by atoms with Crippen LogP contribution in [0.2, 0.25) is 0 Å². The average molecular weight is 352 g/mol. The molecule has 2 N–H and O–H groups in total. The van der Waals surface area contributed by atoms with Crippen molar-refractivity contribution in [3.8, 4) is 0 Å². The van der Waals surface area contributed by atoms with E-state index in [2.05, 4.69) is 22.8 Å². The van der Waals surface area contributed by atoms with Gasteiger partial charge in [0.05, 0.1) is 0 Å². The smallest absolute Gasteiger partial charge is 0.407 e. The lowest BCUT2D eigenvalue weighted by molar-refractivity contribution is -0.119. The summed E-state index contributed by atoms with van der Waals surface area (Å²) >= 11 is 0. The molecule has 26 heavy (non-hydrogen) atoms. The van der Waals surface area contributed by atoms with Crippen molar-refractivity contribution in [1.29, 1.82) is 0 Å². The van der Waals surface area contributed by atoms with Crippen LogP contribution in [-0.2, 0) is 29.0 Å². The van der Waals surface area contributed by atoms with Crippen LogP contribution >= 0.6 is 0 Å². The molecule has 0 spiro atoms. The van der Waals surface area contributed by atoms with Crippen molar-refractivity contribution in [3.05, 3.63) is 71.3 Å². The Kier molecular flexibility index (Phi) is 6.25. The van der Waals surface area contributed by atoms with Gasteiger partial charge in [0.1, 0.15) is 6.61 Å². The second kappa shape index (κ2) is 9.04. The summed E-state index contributed by atoms with van der Waals surface area (Å²) < 4.78 is 5.24. The zero-order valence-corrected chi connectivity index (χ0v) is 14.7. The summed E-state index contributed by atoms with van der Waals surface area (Å²) in [6.45, 7) is 1.20. The number of hydrogen-bond donors (Lipinski definition) is 2. The molecule has 0 unspecified atom stereocenters. The van der Waals surface area contributed by atoms with Crippen molar-refractivity contribution in [3.63, 3.8) is 0 Å². The molecule has 1 heterocycles. The summed E-state index contributed by atoms with van der Waals surface area (Å²) in [4.78, 5) is 21.9. The Bertz CT molecular complexity index is 713. The van der Waals surface area contributed by atoms with Crippen LogP contribution in [0.5, 0.6) is 0 Å². The fourth-order valence-corrected chi connectivity index (χ4v) is 3.16. The van der Waals surface area contributed by atoms with Crippen LogP contribution in [0.25, 0.3) is 0 Å². The summed E-state index contributed by atoms with van der Waals surface area (Å²) in [6.07, 6.45) is 3.19. The molecule has 4 rings (SSSR count). The number of carbonyl (C=O) groups excluding carboxylic acids is 2. The molecule has 5 nitrogen and oxygen atoms in total. The number of benzene rings is 2. The van der Waals surface area contributed by atoms with Crippen LogP contribution in [0.3, 0.4) is 0 Å². The second-order valence-corrected chi connectivity index (χ2v) is 6.53. The largest absolute Gasteiger partial charge is 0.445 e. The van der Waals surface area contributed by atoms with Gasteiger partial charge in [-0.1, -0.05) is 54.6 Å². The summed E-state index contributed by atoms with van der Waals surface area (Å²) in [7, 11) is 0. The van der Waals surface area contributed by atoms with E-state index in [1.807, 2.05) is 42.5 Å². The van der Waals surface area contributed by atoms with E-state index in [0.717, 1.165) is 37.8 Å². The molecule has 1 saturated heterocycles. The van der Waals surface area contributed by atoms with Crippen molar-refractivity contribution in [1.82, 2.24) is 10.6 Å². The van der Waals surface area contributed by atoms with Crippen molar-refractivity contribution < 1.29 is 14.3 Å². The zero-order chi connectivity index (χ0) is 18.2. The molecule has 2 aromatic rings. The molecule has 0 atom stereocenters. The quantitative estimate of drug-likeness (QED) is 0.892. The molecular weight excluding hydrogens is 328 g/mol. The molecule has 5 heteroatoms. The Morgan fingerprint density at radius 1 is 1.04 bits per heavy atom. The minimum Gasteiger partial charge on any atom is -0.445 e. The van der Waals surface area contributed by atoms with Crippen LogP contribution < -0.4 is 10.6 Å². The van der Waals surface area contributed by atoms with E-state index in [4.69, 9.17) is 4.74 Å². The minimum absolute atomic E-state index is 0.149. The summed E-state index contributed by atoms with van der Waals surface area (Å²) in [5.74, 6) is 0.204. The number of nitrogens with one attached hydrogen (secondary N) is 2. The van der Waals surface area contributed by atoms with E-state index in [0.29, 0.717) is 6.61 Å². The van der Waals surface area contributed by atoms with Gasteiger partial charge in [0, 0.05) is 19.0 Å². The number of alkyl carbamates (subject to hydrolysis) is 1. The SMILES string of the molecule is O=C(NC1Cc2ccccc2C1)OCc1ccccc1.O=C1CCCN1.